The maximum atomic E-state index is 12.3. The molecule has 0 aromatic heterocycles. The van der Waals surface area contributed by atoms with Crippen LogP contribution in [0.15, 0.2) is 36.4 Å². The third-order valence-electron chi connectivity index (χ3n) is 10.2. The molecule has 4 heterocycles. The topological polar surface area (TPSA) is 95.1 Å². The smallest absolute Gasteiger partial charge is 0.410 e. The van der Waals surface area contributed by atoms with E-state index >= 15 is 0 Å². The third-order valence-corrected chi connectivity index (χ3v) is 10.7. The summed E-state index contributed by atoms with van der Waals surface area (Å²) in [5.74, 6) is 0.292. The summed E-state index contributed by atoms with van der Waals surface area (Å²) < 4.78 is 5.49. The molecule has 0 atom stereocenters. The quantitative estimate of drug-likeness (QED) is 0.457. The molecule has 3 amide bonds. The Balaban J connectivity index is 0.000000211. The highest BCUT2D eigenvalue weighted by atomic mass is 35.5. The van der Waals surface area contributed by atoms with E-state index in [1.54, 1.807) is 18.7 Å². The summed E-state index contributed by atoms with van der Waals surface area (Å²) in [6.07, 6.45) is -0.238. The molecule has 4 fully saturated rings. The summed E-state index contributed by atoms with van der Waals surface area (Å²) in [5.41, 5.74) is 4.44. The molecule has 0 unspecified atom stereocenters. The molecule has 2 aromatic carbocycles. The second-order valence-corrected chi connectivity index (χ2v) is 16.2. The van der Waals surface area contributed by atoms with Gasteiger partial charge in [0.15, 0.2) is 0 Å². The zero-order valence-electron chi connectivity index (χ0n) is 32.2. The first-order chi connectivity index (χ1) is 25.3. The fourth-order valence-corrected chi connectivity index (χ4v) is 7.55. The van der Waals surface area contributed by atoms with Gasteiger partial charge in [-0.3, -0.25) is 19.4 Å². The molecule has 292 valence electrons. The number of anilines is 2. The van der Waals surface area contributed by atoms with Gasteiger partial charge in [-0.05, 0) is 56.2 Å². The van der Waals surface area contributed by atoms with E-state index in [2.05, 4.69) is 43.1 Å². The second-order valence-electron chi connectivity index (χ2n) is 15.3. The number of halogens is 2. The van der Waals surface area contributed by atoms with Crippen molar-refractivity contribution in [1.29, 1.82) is 0 Å². The third kappa shape index (κ3) is 12.1. The number of carbonyl (C=O) groups excluding carboxylic acids is 3. The van der Waals surface area contributed by atoms with Crippen molar-refractivity contribution in [2.75, 3.05) is 115 Å². The van der Waals surface area contributed by atoms with Crippen molar-refractivity contribution in [2.45, 2.75) is 53.3 Å². The largest absolute Gasteiger partial charge is 0.444 e. The monoisotopic (exact) mass is 772 g/mol. The summed E-state index contributed by atoms with van der Waals surface area (Å²) in [6, 6.07) is 12.3. The van der Waals surface area contributed by atoms with Crippen molar-refractivity contribution in [2.24, 2.45) is 0 Å². The molecule has 4 aliphatic rings. The standard InChI is InChI=1S/C22H33ClN4O3.C17H25ClN4O/c1-17(28)25-11-13-26(14-12-25)20-15-19(23)6-5-18(20)16-24-7-9-27(10-8-24)21(29)30-22(2,3)4;1-14(23)21-8-10-22(11-9-21)17-12-16(18)3-2-15(17)13-20-6-4-19-5-7-20/h5-6,15H,7-14,16H2,1-4H3;2-3,12,19H,4-11,13H2,1H3. The van der Waals surface area contributed by atoms with Gasteiger partial charge in [0.25, 0.3) is 0 Å². The molecular weight excluding hydrogens is 715 g/mol. The Morgan fingerprint density at radius 2 is 1.00 bits per heavy atom. The Kier molecular flexibility index (Phi) is 14.5. The Hall–Kier alpha value is -3.29. The number of benzene rings is 2. The molecule has 0 spiro atoms. The normalized spacial score (nSPS) is 19.1. The van der Waals surface area contributed by atoms with Crippen molar-refractivity contribution in [3.8, 4) is 0 Å². The minimum absolute atomic E-state index is 0.129. The molecule has 14 heteroatoms. The lowest BCUT2D eigenvalue weighted by molar-refractivity contribution is -0.129. The van der Waals surface area contributed by atoms with E-state index in [1.165, 1.54) is 16.8 Å². The number of ether oxygens (including phenoxy) is 1. The van der Waals surface area contributed by atoms with E-state index < -0.39 is 5.60 Å². The summed E-state index contributed by atoms with van der Waals surface area (Å²) in [7, 11) is 0. The van der Waals surface area contributed by atoms with Crippen LogP contribution in [0.2, 0.25) is 10.0 Å². The number of carbonyl (C=O) groups is 3. The van der Waals surface area contributed by atoms with Crippen LogP contribution in [-0.2, 0) is 27.4 Å². The van der Waals surface area contributed by atoms with Gasteiger partial charge in [0.1, 0.15) is 5.60 Å². The Morgan fingerprint density at radius 1 is 0.604 bits per heavy atom. The van der Waals surface area contributed by atoms with Crippen LogP contribution in [0.5, 0.6) is 0 Å². The molecule has 4 aliphatic heterocycles. The number of nitrogens with zero attached hydrogens (tertiary/aromatic N) is 7. The fraction of sp³-hybridized carbons (Fsp3) is 0.615. The molecule has 2 aromatic rings. The lowest BCUT2D eigenvalue weighted by Crippen LogP contribution is -2.50. The van der Waals surface area contributed by atoms with E-state index in [1.807, 2.05) is 48.8 Å². The van der Waals surface area contributed by atoms with Crippen LogP contribution in [0.3, 0.4) is 0 Å². The van der Waals surface area contributed by atoms with Crippen LogP contribution in [0.25, 0.3) is 0 Å². The number of hydrogen-bond donors (Lipinski definition) is 1. The van der Waals surface area contributed by atoms with E-state index in [4.69, 9.17) is 27.9 Å². The van der Waals surface area contributed by atoms with Gasteiger partial charge in [-0.25, -0.2) is 4.79 Å². The molecule has 12 nitrogen and oxygen atoms in total. The van der Waals surface area contributed by atoms with Crippen LogP contribution < -0.4 is 15.1 Å². The fourth-order valence-electron chi connectivity index (χ4n) is 7.22. The highest BCUT2D eigenvalue weighted by molar-refractivity contribution is 6.31. The zero-order valence-corrected chi connectivity index (χ0v) is 33.7. The minimum atomic E-state index is -0.473. The lowest BCUT2D eigenvalue weighted by Gasteiger charge is -2.38. The maximum Gasteiger partial charge on any atom is 0.410 e. The molecule has 6 rings (SSSR count). The van der Waals surface area contributed by atoms with Crippen molar-refractivity contribution >= 4 is 52.5 Å². The summed E-state index contributed by atoms with van der Waals surface area (Å²) in [5, 5.41) is 4.89. The van der Waals surface area contributed by atoms with E-state index in [9.17, 15) is 14.4 Å². The molecule has 53 heavy (non-hydrogen) atoms. The molecule has 0 aliphatic carbocycles. The average Bonchev–Trinajstić information content (AvgIpc) is 3.13. The first-order valence-electron chi connectivity index (χ1n) is 19.0. The Labute approximate surface area is 325 Å². The minimum Gasteiger partial charge on any atom is -0.444 e. The van der Waals surface area contributed by atoms with E-state index in [0.29, 0.717) is 13.1 Å². The van der Waals surface area contributed by atoms with Gasteiger partial charge in [-0.1, -0.05) is 35.3 Å². The number of rotatable bonds is 6. The van der Waals surface area contributed by atoms with Gasteiger partial charge < -0.3 is 34.6 Å². The Morgan fingerprint density at radius 3 is 1.40 bits per heavy atom. The predicted molar refractivity (Wildman–Crippen MR) is 213 cm³/mol. The highest BCUT2D eigenvalue weighted by Gasteiger charge is 2.28. The van der Waals surface area contributed by atoms with Crippen molar-refractivity contribution in [3.05, 3.63) is 57.6 Å². The van der Waals surface area contributed by atoms with Gasteiger partial charge in [-0.2, -0.15) is 0 Å². The maximum absolute atomic E-state index is 12.3. The van der Waals surface area contributed by atoms with Crippen LogP contribution in [0, 0.1) is 0 Å². The van der Waals surface area contributed by atoms with E-state index in [-0.39, 0.29) is 17.9 Å². The number of amides is 3. The number of nitrogens with one attached hydrogen (secondary N) is 1. The van der Waals surface area contributed by atoms with Crippen LogP contribution in [0.4, 0.5) is 16.2 Å². The Bertz CT molecular complexity index is 1540. The first kappa shape index (κ1) is 40.9. The van der Waals surface area contributed by atoms with Crippen LogP contribution in [-0.4, -0.2) is 153 Å². The van der Waals surface area contributed by atoms with Gasteiger partial charge in [0.2, 0.25) is 11.8 Å². The summed E-state index contributed by atoms with van der Waals surface area (Å²) >= 11 is 12.5. The molecule has 1 N–H and O–H groups in total. The van der Waals surface area contributed by atoms with Crippen molar-refractivity contribution in [1.82, 2.24) is 29.8 Å². The first-order valence-corrected chi connectivity index (χ1v) is 19.7. The van der Waals surface area contributed by atoms with Gasteiger partial charge in [0.05, 0.1) is 0 Å². The predicted octanol–water partition coefficient (Wildman–Crippen LogP) is 4.47. The zero-order chi connectivity index (χ0) is 38.1. The average molecular weight is 774 g/mol. The van der Waals surface area contributed by atoms with Gasteiger partial charge in [0, 0.05) is 153 Å². The van der Waals surface area contributed by atoms with Crippen LogP contribution in [0.1, 0.15) is 45.7 Å². The SMILES string of the molecule is CC(=O)N1CCN(c2cc(Cl)ccc2CN2CCN(C(=O)OC(C)(C)C)CC2)CC1.CC(=O)N1CCN(c2cc(Cl)ccc2CN2CCNCC2)CC1. The summed E-state index contributed by atoms with van der Waals surface area (Å²) in [6.45, 7) is 24.3. The van der Waals surface area contributed by atoms with Crippen LogP contribution >= 0.6 is 23.2 Å². The molecule has 4 saturated heterocycles. The van der Waals surface area contributed by atoms with Crippen molar-refractivity contribution < 1.29 is 19.1 Å². The highest BCUT2D eigenvalue weighted by Crippen LogP contribution is 2.29. The van der Waals surface area contributed by atoms with Crippen molar-refractivity contribution in [3.63, 3.8) is 0 Å². The molecular formula is C39H58Cl2N8O4. The second kappa shape index (κ2) is 18.8. The molecule has 0 radical (unpaired) electrons. The summed E-state index contributed by atoms with van der Waals surface area (Å²) in [4.78, 5) is 50.5. The van der Waals surface area contributed by atoms with E-state index in [0.717, 1.165) is 120 Å². The number of piperazine rings is 4. The van der Waals surface area contributed by atoms with Gasteiger partial charge >= 0.3 is 6.09 Å². The molecule has 0 bridgehead atoms. The lowest BCUT2D eigenvalue weighted by atomic mass is 10.1. The van der Waals surface area contributed by atoms with Gasteiger partial charge in [-0.15, -0.1) is 0 Å². The number of hydrogen-bond acceptors (Lipinski definition) is 9. The molecule has 0 saturated carbocycles.